The SMILES string of the molecule is COCc1nc(-c2ccc(C(F)(F)F)cc2)nc(N2CCN(c3ncccc3C(F)(F)F)CC2)n1. The van der Waals surface area contributed by atoms with E-state index in [9.17, 15) is 26.3 Å². The van der Waals surface area contributed by atoms with Crippen LogP contribution in [0.1, 0.15) is 17.0 Å². The number of hydrogen-bond donors (Lipinski definition) is 0. The Bertz CT molecular complexity index is 1160. The molecule has 3 aromatic rings. The molecular weight excluding hydrogens is 478 g/mol. The third-order valence-electron chi connectivity index (χ3n) is 5.37. The summed E-state index contributed by atoms with van der Waals surface area (Å²) in [5, 5.41) is 0. The summed E-state index contributed by atoms with van der Waals surface area (Å²) in [6.45, 7) is 1.13. The van der Waals surface area contributed by atoms with Crippen molar-refractivity contribution in [3.8, 4) is 11.4 Å². The molecule has 7 nitrogen and oxygen atoms in total. The highest BCUT2D eigenvalue weighted by Gasteiger charge is 2.36. The largest absolute Gasteiger partial charge is 0.419 e. The Kier molecular flexibility index (Phi) is 6.79. The molecular formula is C22H20F6N6O. The number of piperazine rings is 1. The Morgan fingerprint density at radius 2 is 1.49 bits per heavy atom. The van der Waals surface area contributed by atoms with Crippen molar-refractivity contribution in [3.63, 3.8) is 0 Å². The molecule has 0 spiro atoms. The van der Waals surface area contributed by atoms with E-state index in [-0.39, 0.29) is 43.1 Å². The predicted molar refractivity (Wildman–Crippen MR) is 115 cm³/mol. The fourth-order valence-electron chi connectivity index (χ4n) is 3.67. The third-order valence-corrected chi connectivity index (χ3v) is 5.37. The van der Waals surface area contributed by atoms with Crippen molar-refractivity contribution >= 4 is 11.8 Å². The van der Waals surface area contributed by atoms with Crippen LogP contribution < -0.4 is 9.80 Å². The molecule has 4 rings (SSSR count). The van der Waals surface area contributed by atoms with Crippen LogP contribution in [0, 0.1) is 0 Å². The maximum atomic E-state index is 13.4. The van der Waals surface area contributed by atoms with Crippen LogP contribution in [0.2, 0.25) is 0 Å². The molecule has 1 aliphatic heterocycles. The summed E-state index contributed by atoms with van der Waals surface area (Å²) in [4.78, 5) is 20.3. The fourth-order valence-corrected chi connectivity index (χ4v) is 3.67. The maximum absolute atomic E-state index is 13.4. The monoisotopic (exact) mass is 498 g/mol. The standard InChI is InChI=1S/C22H20F6N6O/c1-35-13-17-30-18(14-4-6-15(7-5-14)21(23,24)25)32-20(31-17)34-11-9-33(10-12-34)19-16(22(26,27)28)3-2-8-29-19/h2-8H,9-13H2,1H3. The molecule has 1 fully saturated rings. The van der Waals surface area contributed by atoms with E-state index in [1.165, 1.54) is 31.5 Å². The van der Waals surface area contributed by atoms with Gasteiger partial charge in [-0.25, -0.2) is 9.97 Å². The van der Waals surface area contributed by atoms with Crippen LogP contribution in [0.5, 0.6) is 0 Å². The summed E-state index contributed by atoms with van der Waals surface area (Å²) in [5.41, 5.74) is -1.24. The molecule has 0 N–H and O–H groups in total. The molecule has 2 aromatic heterocycles. The van der Waals surface area contributed by atoms with E-state index in [0.29, 0.717) is 18.7 Å². The van der Waals surface area contributed by atoms with Gasteiger partial charge in [0.2, 0.25) is 5.95 Å². The highest BCUT2D eigenvalue weighted by atomic mass is 19.4. The Morgan fingerprint density at radius 3 is 2.09 bits per heavy atom. The first-order chi connectivity index (χ1) is 16.6. The summed E-state index contributed by atoms with van der Waals surface area (Å²) in [7, 11) is 1.45. The van der Waals surface area contributed by atoms with Gasteiger partial charge in [0, 0.05) is 45.0 Å². The number of halogens is 6. The van der Waals surface area contributed by atoms with Crippen LogP contribution in [-0.4, -0.2) is 53.2 Å². The van der Waals surface area contributed by atoms with Crippen molar-refractivity contribution in [2.75, 3.05) is 43.1 Å². The maximum Gasteiger partial charge on any atom is 0.419 e. The molecule has 0 radical (unpaired) electrons. The lowest BCUT2D eigenvalue weighted by atomic mass is 10.1. The van der Waals surface area contributed by atoms with Crippen LogP contribution in [0.3, 0.4) is 0 Å². The van der Waals surface area contributed by atoms with Gasteiger partial charge >= 0.3 is 12.4 Å². The van der Waals surface area contributed by atoms with Crippen LogP contribution in [0.4, 0.5) is 38.1 Å². The van der Waals surface area contributed by atoms with E-state index in [1.54, 1.807) is 9.80 Å². The van der Waals surface area contributed by atoms with E-state index in [2.05, 4.69) is 19.9 Å². The summed E-state index contributed by atoms with van der Waals surface area (Å²) in [6, 6.07) is 6.67. The number of ether oxygens (including phenoxy) is 1. The normalized spacial score (nSPS) is 14.9. The van der Waals surface area contributed by atoms with Gasteiger partial charge < -0.3 is 14.5 Å². The average molecular weight is 498 g/mol. The first kappa shape index (κ1) is 24.6. The summed E-state index contributed by atoms with van der Waals surface area (Å²) in [5.74, 6) is 0.570. The Balaban J connectivity index is 1.57. The van der Waals surface area contributed by atoms with Crippen molar-refractivity contribution in [3.05, 3.63) is 59.5 Å². The molecule has 3 heterocycles. The molecule has 1 saturated heterocycles. The lowest BCUT2D eigenvalue weighted by molar-refractivity contribution is -0.138. The van der Waals surface area contributed by atoms with Crippen LogP contribution in [0.15, 0.2) is 42.6 Å². The van der Waals surface area contributed by atoms with Gasteiger partial charge in [0.25, 0.3) is 0 Å². The molecule has 13 heteroatoms. The van der Waals surface area contributed by atoms with E-state index in [4.69, 9.17) is 4.74 Å². The summed E-state index contributed by atoms with van der Waals surface area (Å²) in [6.07, 6.45) is -7.68. The number of nitrogens with zero attached hydrogens (tertiary/aromatic N) is 6. The van der Waals surface area contributed by atoms with E-state index in [0.717, 1.165) is 18.2 Å². The van der Waals surface area contributed by atoms with Gasteiger partial charge in [-0.2, -0.15) is 36.3 Å². The quantitative estimate of drug-likeness (QED) is 0.482. The minimum atomic E-state index is -4.53. The van der Waals surface area contributed by atoms with Gasteiger partial charge in [-0.3, -0.25) is 0 Å². The molecule has 0 atom stereocenters. The number of anilines is 2. The second-order valence-electron chi connectivity index (χ2n) is 7.73. The first-order valence-electron chi connectivity index (χ1n) is 10.5. The second kappa shape index (κ2) is 9.64. The van der Waals surface area contributed by atoms with Crippen molar-refractivity contribution in [1.29, 1.82) is 0 Å². The Labute approximate surface area is 196 Å². The second-order valence-corrected chi connectivity index (χ2v) is 7.73. The van der Waals surface area contributed by atoms with E-state index >= 15 is 0 Å². The van der Waals surface area contributed by atoms with Gasteiger partial charge in [0.05, 0.1) is 11.1 Å². The number of benzene rings is 1. The van der Waals surface area contributed by atoms with Crippen molar-refractivity contribution < 1.29 is 31.1 Å². The zero-order chi connectivity index (χ0) is 25.2. The Morgan fingerprint density at radius 1 is 0.829 bits per heavy atom. The Hall–Kier alpha value is -3.48. The first-order valence-corrected chi connectivity index (χ1v) is 10.5. The zero-order valence-electron chi connectivity index (χ0n) is 18.4. The topological polar surface area (TPSA) is 67.3 Å². The molecule has 1 aliphatic rings. The predicted octanol–water partition coefficient (Wildman–Crippen LogP) is 4.44. The molecule has 1 aromatic carbocycles. The molecule has 186 valence electrons. The van der Waals surface area contributed by atoms with E-state index < -0.39 is 23.5 Å². The van der Waals surface area contributed by atoms with Crippen LogP contribution in [0.25, 0.3) is 11.4 Å². The molecule has 0 aliphatic carbocycles. The third kappa shape index (κ3) is 5.61. The lowest BCUT2D eigenvalue weighted by Crippen LogP contribution is -2.48. The fraction of sp³-hybridized carbons (Fsp3) is 0.364. The molecule has 0 unspecified atom stereocenters. The van der Waals surface area contributed by atoms with Crippen molar-refractivity contribution in [1.82, 2.24) is 19.9 Å². The summed E-state index contributed by atoms with van der Waals surface area (Å²) < 4.78 is 83.9. The minimum absolute atomic E-state index is 0.0476. The number of pyridine rings is 1. The molecule has 35 heavy (non-hydrogen) atoms. The van der Waals surface area contributed by atoms with E-state index in [1.807, 2.05) is 0 Å². The van der Waals surface area contributed by atoms with Crippen LogP contribution >= 0.6 is 0 Å². The average Bonchev–Trinajstić information content (AvgIpc) is 2.83. The number of rotatable bonds is 5. The number of alkyl halides is 6. The number of aromatic nitrogens is 4. The summed E-state index contributed by atoms with van der Waals surface area (Å²) >= 11 is 0. The smallest absolute Gasteiger partial charge is 0.377 e. The van der Waals surface area contributed by atoms with Crippen molar-refractivity contribution in [2.45, 2.75) is 19.0 Å². The van der Waals surface area contributed by atoms with Crippen LogP contribution in [-0.2, 0) is 23.7 Å². The highest BCUT2D eigenvalue weighted by molar-refractivity contribution is 5.57. The van der Waals surface area contributed by atoms with Crippen molar-refractivity contribution in [2.24, 2.45) is 0 Å². The highest BCUT2D eigenvalue weighted by Crippen LogP contribution is 2.35. The minimum Gasteiger partial charge on any atom is -0.377 e. The van der Waals surface area contributed by atoms with Gasteiger partial charge in [0.1, 0.15) is 12.4 Å². The lowest BCUT2D eigenvalue weighted by Gasteiger charge is -2.36. The van der Waals surface area contributed by atoms with Gasteiger partial charge in [-0.15, -0.1) is 0 Å². The zero-order valence-corrected chi connectivity index (χ0v) is 18.4. The van der Waals surface area contributed by atoms with Gasteiger partial charge in [0.15, 0.2) is 11.6 Å². The molecule has 0 saturated carbocycles. The molecule has 0 amide bonds. The molecule has 0 bridgehead atoms. The van der Waals surface area contributed by atoms with Gasteiger partial charge in [-0.1, -0.05) is 12.1 Å². The number of hydrogen-bond acceptors (Lipinski definition) is 7. The number of methoxy groups -OCH3 is 1. The van der Waals surface area contributed by atoms with Gasteiger partial charge in [-0.05, 0) is 24.3 Å².